The van der Waals surface area contributed by atoms with Gasteiger partial charge in [0.25, 0.3) is 0 Å². The van der Waals surface area contributed by atoms with Gasteiger partial charge in [-0.3, -0.25) is 9.59 Å². The molecule has 0 radical (unpaired) electrons. The number of methoxy groups -OCH3 is 1. The number of likely N-dealkylation sites (tertiary alicyclic amines) is 2. The smallest absolute Gasteiger partial charge is 0.318 e. The molecule has 3 amide bonds. The van der Waals surface area contributed by atoms with Gasteiger partial charge in [-0.25, -0.2) is 4.79 Å². The van der Waals surface area contributed by atoms with Gasteiger partial charge in [0.2, 0.25) is 5.91 Å². The molecule has 180 valence electrons. The second kappa shape index (κ2) is 11.0. The predicted molar refractivity (Wildman–Crippen MR) is 127 cm³/mol. The Labute approximate surface area is 199 Å². The van der Waals surface area contributed by atoms with Crippen LogP contribution in [-0.4, -0.2) is 66.4 Å². The van der Waals surface area contributed by atoms with Crippen molar-refractivity contribution >= 4 is 17.7 Å². The number of carbonyl (C=O) groups excluding carboxylic acids is 3. The highest BCUT2D eigenvalue weighted by Gasteiger charge is 2.42. The maximum atomic E-state index is 13.4. The molecule has 2 saturated heterocycles. The van der Waals surface area contributed by atoms with Crippen molar-refractivity contribution in [1.29, 1.82) is 0 Å². The van der Waals surface area contributed by atoms with Crippen molar-refractivity contribution in [1.82, 2.24) is 15.1 Å². The summed E-state index contributed by atoms with van der Waals surface area (Å²) in [4.78, 5) is 42.4. The molecule has 2 atom stereocenters. The van der Waals surface area contributed by atoms with Gasteiger partial charge in [0.05, 0.1) is 13.2 Å². The van der Waals surface area contributed by atoms with Crippen molar-refractivity contribution in [3.8, 4) is 11.5 Å². The summed E-state index contributed by atoms with van der Waals surface area (Å²) >= 11 is 0. The number of nitrogens with one attached hydrogen (secondary N) is 1. The Kier molecular flexibility index (Phi) is 7.67. The molecule has 2 aromatic rings. The Hall–Kier alpha value is -3.55. The largest absolute Gasteiger partial charge is 0.497 e. The predicted octanol–water partition coefficient (Wildman–Crippen LogP) is 3.01. The number of nitrogens with zero attached hydrogens (tertiary/aromatic N) is 2. The van der Waals surface area contributed by atoms with Crippen LogP contribution in [0.3, 0.4) is 0 Å². The number of ether oxygens (including phenoxy) is 2. The minimum Gasteiger partial charge on any atom is -0.497 e. The average Bonchev–Trinajstić information content (AvgIpc) is 3.57. The lowest BCUT2D eigenvalue weighted by Crippen LogP contribution is -2.53. The molecule has 2 fully saturated rings. The Morgan fingerprint density at radius 3 is 2.24 bits per heavy atom. The standard InChI is InChI=1S/C26H31N3O5/c1-33-20-11-13-21(14-12-20)34-18-24(30)22-9-5-15-28(22)25(31)23-10-6-16-29(23)26(32)27-17-19-7-3-2-4-8-19/h2-4,7-8,11-14,22-23H,5-6,9-10,15-18H2,1H3,(H,27,32). The summed E-state index contributed by atoms with van der Waals surface area (Å²) in [6.07, 6.45) is 2.75. The lowest BCUT2D eigenvalue weighted by molar-refractivity contribution is -0.141. The van der Waals surface area contributed by atoms with Crippen LogP contribution in [0.5, 0.6) is 11.5 Å². The molecule has 2 unspecified atom stereocenters. The highest BCUT2D eigenvalue weighted by Crippen LogP contribution is 2.26. The first-order valence-electron chi connectivity index (χ1n) is 11.8. The fraction of sp³-hybridized carbons (Fsp3) is 0.423. The van der Waals surface area contributed by atoms with E-state index >= 15 is 0 Å². The van der Waals surface area contributed by atoms with E-state index in [1.807, 2.05) is 30.3 Å². The summed E-state index contributed by atoms with van der Waals surface area (Å²) < 4.78 is 10.8. The molecule has 0 bridgehead atoms. The van der Waals surface area contributed by atoms with E-state index in [-0.39, 0.29) is 24.3 Å². The van der Waals surface area contributed by atoms with Gasteiger partial charge in [-0.05, 0) is 55.5 Å². The van der Waals surface area contributed by atoms with Crippen molar-refractivity contribution in [3.63, 3.8) is 0 Å². The van der Waals surface area contributed by atoms with Gasteiger partial charge in [0.15, 0.2) is 5.78 Å². The summed E-state index contributed by atoms with van der Waals surface area (Å²) in [7, 11) is 1.59. The number of amides is 3. The number of benzene rings is 2. The van der Waals surface area contributed by atoms with Gasteiger partial charge in [-0.1, -0.05) is 30.3 Å². The molecule has 8 heteroatoms. The number of hydrogen-bond acceptors (Lipinski definition) is 5. The average molecular weight is 466 g/mol. The first-order chi connectivity index (χ1) is 16.6. The van der Waals surface area contributed by atoms with Crippen LogP contribution >= 0.6 is 0 Å². The molecular weight excluding hydrogens is 434 g/mol. The van der Waals surface area contributed by atoms with Crippen LogP contribution in [0.25, 0.3) is 0 Å². The van der Waals surface area contributed by atoms with E-state index in [1.165, 1.54) is 0 Å². The van der Waals surface area contributed by atoms with Gasteiger partial charge < -0.3 is 24.6 Å². The molecule has 2 heterocycles. The van der Waals surface area contributed by atoms with E-state index in [4.69, 9.17) is 9.47 Å². The van der Waals surface area contributed by atoms with Crippen molar-refractivity contribution in [3.05, 3.63) is 60.2 Å². The van der Waals surface area contributed by atoms with Crippen molar-refractivity contribution in [2.24, 2.45) is 0 Å². The first-order valence-corrected chi connectivity index (χ1v) is 11.8. The van der Waals surface area contributed by atoms with Gasteiger partial charge in [-0.2, -0.15) is 0 Å². The van der Waals surface area contributed by atoms with Crippen LogP contribution in [0, 0.1) is 0 Å². The molecule has 2 aliphatic rings. The number of hydrogen-bond donors (Lipinski definition) is 1. The molecule has 34 heavy (non-hydrogen) atoms. The lowest BCUT2D eigenvalue weighted by Gasteiger charge is -2.31. The van der Waals surface area contributed by atoms with Crippen molar-refractivity contribution < 1.29 is 23.9 Å². The summed E-state index contributed by atoms with van der Waals surface area (Å²) in [5.74, 6) is 1.01. The van der Waals surface area contributed by atoms with Gasteiger partial charge in [-0.15, -0.1) is 0 Å². The Morgan fingerprint density at radius 2 is 1.53 bits per heavy atom. The zero-order valence-corrected chi connectivity index (χ0v) is 19.4. The highest BCUT2D eigenvalue weighted by atomic mass is 16.5. The van der Waals surface area contributed by atoms with Crippen LogP contribution in [-0.2, 0) is 16.1 Å². The van der Waals surface area contributed by atoms with Crippen molar-refractivity contribution in [2.75, 3.05) is 26.8 Å². The SMILES string of the molecule is COc1ccc(OCC(=O)C2CCCN2C(=O)C2CCCN2C(=O)NCc2ccccc2)cc1. The monoisotopic (exact) mass is 465 g/mol. The molecule has 4 rings (SSSR count). The van der Waals surface area contributed by atoms with E-state index in [1.54, 1.807) is 41.2 Å². The Balaban J connectivity index is 1.33. The molecule has 2 aliphatic heterocycles. The fourth-order valence-electron chi connectivity index (χ4n) is 4.62. The molecule has 0 saturated carbocycles. The summed E-state index contributed by atoms with van der Waals surface area (Å²) in [5.41, 5.74) is 1.000. The van der Waals surface area contributed by atoms with Crippen LogP contribution in [0.1, 0.15) is 31.2 Å². The summed E-state index contributed by atoms with van der Waals surface area (Å²) in [6.45, 7) is 1.36. The van der Waals surface area contributed by atoms with Crippen LogP contribution in [0.2, 0.25) is 0 Å². The Morgan fingerprint density at radius 1 is 0.882 bits per heavy atom. The number of rotatable bonds is 8. The maximum Gasteiger partial charge on any atom is 0.318 e. The summed E-state index contributed by atoms with van der Waals surface area (Å²) in [6, 6.07) is 15.4. The second-order valence-corrected chi connectivity index (χ2v) is 8.62. The molecule has 1 N–H and O–H groups in total. The second-order valence-electron chi connectivity index (χ2n) is 8.62. The third-order valence-corrected chi connectivity index (χ3v) is 6.43. The lowest BCUT2D eigenvalue weighted by atomic mass is 10.1. The topological polar surface area (TPSA) is 88.2 Å². The number of carbonyl (C=O) groups is 3. The van der Waals surface area contributed by atoms with E-state index in [9.17, 15) is 14.4 Å². The maximum absolute atomic E-state index is 13.4. The highest BCUT2D eigenvalue weighted by molar-refractivity contribution is 5.94. The van der Waals surface area contributed by atoms with E-state index in [0.29, 0.717) is 44.0 Å². The number of ketones is 1. The minimum atomic E-state index is -0.535. The van der Waals surface area contributed by atoms with Gasteiger partial charge in [0, 0.05) is 19.6 Å². The van der Waals surface area contributed by atoms with Crippen LogP contribution in [0.15, 0.2) is 54.6 Å². The molecular formula is C26H31N3O5. The quantitative estimate of drug-likeness (QED) is 0.648. The molecule has 0 aromatic heterocycles. The number of Topliss-reactive ketones (excluding diaryl/α,β-unsaturated/α-hetero) is 1. The van der Waals surface area contributed by atoms with E-state index in [0.717, 1.165) is 18.4 Å². The van der Waals surface area contributed by atoms with E-state index in [2.05, 4.69) is 5.32 Å². The van der Waals surface area contributed by atoms with Gasteiger partial charge in [0.1, 0.15) is 24.1 Å². The molecule has 0 aliphatic carbocycles. The zero-order chi connectivity index (χ0) is 23.9. The normalized spacial score (nSPS) is 19.7. The third-order valence-electron chi connectivity index (χ3n) is 6.43. The number of urea groups is 1. The molecule has 2 aromatic carbocycles. The Bertz CT molecular complexity index is 995. The van der Waals surface area contributed by atoms with Crippen LogP contribution < -0.4 is 14.8 Å². The van der Waals surface area contributed by atoms with E-state index < -0.39 is 12.1 Å². The van der Waals surface area contributed by atoms with Crippen molar-refractivity contribution in [2.45, 2.75) is 44.3 Å². The third kappa shape index (κ3) is 5.50. The fourth-order valence-corrected chi connectivity index (χ4v) is 4.62. The first kappa shape index (κ1) is 23.6. The van der Waals surface area contributed by atoms with Gasteiger partial charge >= 0.3 is 6.03 Å². The minimum absolute atomic E-state index is 0.104. The molecule has 0 spiro atoms. The molecule has 8 nitrogen and oxygen atoms in total. The zero-order valence-electron chi connectivity index (χ0n) is 19.4. The van der Waals surface area contributed by atoms with Crippen LogP contribution in [0.4, 0.5) is 4.79 Å². The summed E-state index contributed by atoms with van der Waals surface area (Å²) in [5, 5.41) is 2.92.